The summed E-state index contributed by atoms with van der Waals surface area (Å²) in [4.78, 5) is 14.2. The van der Waals surface area contributed by atoms with E-state index in [1.165, 1.54) is 6.42 Å². The quantitative estimate of drug-likeness (QED) is 0.907. The molecule has 1 aliphatic rings. The maximum Gasteiger partial charge on any atom is 0.226 e. The van der Waals surface area contributed by atoms with Crippen LogP contribution in [-0.2, 0) is 4.79 Å². The van der Waals surface area contributed by atoms with E-state index in [2.05, 4.69) is 29.2 Å². The van der Waals surface area contributed by atoms with E-state index < -0.39 is 0 Å². The molecule has 5 heteroatoms. The van der Waals surface area contributed by atoms with Crippen LogP contribution in [0.2, 0.25) is 0 Å². The van der Waals surface area contributed by atoms with Crippen LogP contribution in [0.4, 0.5) is 5.82 Å². The minimum absolute atomic E-state index is 0.000760. The van der Waals surface area contributed by atoms with E-state index in [-0.39, 0.29) is 5.91 Å². The van der Waals surface area contributed by atoms with Gasteiger partial charge in [-0.3, -0.25) is 4.79 Å². The highest BCUT2D eigenvalue weighted by atomic mass is 16.5. The fourth-order valence-corrected chi connectivity index (χ4v) is 2.86. The third-order valence-corrected chi connectivity index (χ3v) is 3.50. The second-order valence-corrected chi connectivity index (χ2v) is 5.83. The van der Waals surface area contributed by atoms with Gasteiger partial charge < -0.3 is 14.7 Å². The Bertz CT molecular complexity index is 420. The average molecular weight is 265 g/mol. The van der Waals surface area contributed by atoms with Gasteiger partial charge in [0.25, 0.3) is 0 Å². The van der Waals surface area contributed by atoms with Crippen molar-refractivity contribution in [3.8, 4) is 0 Å². The number of carbonyl (C=O) groups is 1. The zero-order valence-electron chi connectivity index (χ0n) is 12.0. The van der Waals surface area contributed by atoms with E-state index in [4.69, 9.17) is 4.52 Å². The lowest BCUT2D eigenvalue weighted by Gasteiger charge is -2.34. The molecule has 0 saturated carbocycles. The lowest BCUT2D eigenvalue weighted by Crippen LogP contribution is -2.40. The summed E-state index contributed by atoms with van der Waals surface area (Å²) in [6.45, 7) is 9.37. The SMILES string of the molecule is Cc1cc(NC(=O)CCN2CC(C)CC(C)C2)no1. The first-order chi connectivity index (χ1) is 9.02. The highest BCUT2D eigenvalue weighted by Crippen LogP contribution is 2.20. The van der Waals surface area contributed by atoms with Gasteiger partial charge in [0, 0.05) is 32.1 Å². The number of piperidine rings is 1. The fourth-order valence-electron chi connectivity index (χ4n) is 2.86. The largest absolute Gasteiger partial charge is 0.360 e. The van der Waals surface area contributed by atoms with E-state index in [9.17, 15) is 4.79 Å². The van der Waals surface area contributed by atoms with Gasteiger partial charge in [0.1, 0.15) is 5.76 Å². The number of amides is 1. The molecule has 0 bridgehead atoms. The topological polar surface area (TPSA) is 58.4 Å². The van der Waals surface area contributed by atoms with Gasteiger partial charge in [0.15, 0.2) is 5.82 Å². The third-order valence-electron chi connectivity index (χ3n) is 3.50. The van der Waals surface area contributed by atoms with Crippen LogP contribution in [0, 0.1) is 18.8 Å². The maximum atomic E-state index is 11.8. The van der Waals surface area contributed by atoms with Gasteiger partial charge in [-0.15, -0.1) is 0 Å². The van der Waals surface area contributed by atoms with E-state index in [1.807, 2.05) is 0 Å². The third kappa shape index (κ3) is 4.35. The normalized spacial score (nSPS) is 24.4. The summed E-state index contributed by atoms with van der Waals surface area (Å²) in [6, 6.07) is 1.73. The molecule has 106 valence electrons. The monoisotopic (exact) mass is 265 g/mol. The molecule has 2 atom stereocenters. The molecule has 0 aliphatic carbocycles. The zero-order valence-corrected chi connectivity index (χ0v) is 12.0. The molecule has 0 spiro atoms. The molecule has 1 aromatic heterocycles. The fraction of sp³-hybridized carbons (Fsp3) is 0.714. The number of hydrogen-bond donors (Lipinski definition) is 1. The van der Waals surface area contributed by atoms with E-state index in [0.29, 0.717) is 18.0 Å². The molecule has 1 saturated heterocycles. The second kappa shape index (κ2) is 6.19. The molecule has 2 unspecified atom stereocenters. The van der Waals surface area contributed by atoms with Gasteiger partial charge in [-0.1, -0.05) is 19.0 Å². The molecule has 1 fully saturated rings. The summed E-state index contributed by atoms with van der Waals surface area (Å²) in [6.07, 6.45) is 1.80. The van der Waals surface area contributed by atoms with Crippen LogP contribution in [0.5, 0.6) is 0 Å². The summed E-state index contributed by atoms with van der Waals surface area (Å²) < 4.78 is 4.91. The van der Waals surface area contributed by atoms with E-state index in [0.717, 1.165) is 31.5 Å². The van der Waals surface area contributed by atoms with Crippen molar-refractivity contribution in [2.75, 3.05) is 25.0 Å². The molecule has 19 heavy (non-hydrogen) atoms. The first-order valence-electron chi connectivity index (χ1n) is 6.98. The van der Waals surface area contributed by atoms with Crippen LogP contribution < -0.4 is 5.32 Å². The second-order valence-electron chi connectivity index (χ2n) is 5.83. The summed E-state index contributed by atoms with van der Waals surface area (Å²) in [7, 11) is 0. The summed E-state index contributed by atoms with van der Waals surface area (Å²) in [5.74, 6) is 2.66. The lowest BCUT2D eigenvalue weighted by atomic mass is 9.92. The van der Waals surface area contributed by atoms with Crippen molar-refractivity contribution in [2.24, 2.45) is 11.8 Å². The van der Waals surface area contributed by atoms with Gasteiger partial charge in [0.05, 0.1) is 0 Å². The molecule has 1 amide bonds. The molecule has 5 nitrogen and oxygen atoms in total. The molecule has 2 heterocycles. The van der Waals surface area contributed by atoms with Gasteiger partial charge in [-0.25, -0.2) is 0 Å². The molecular formula is C14H23N3O2. The van der Waals surface area contributed by atoms with E-state index in [1.54, 1.807) is 13.0 Å². The van der Waals surface area contributed by atoms with Crippen molar-refractivity contribution in [1.82, 2.24) is 10.1 Å². The molecule has 2 rings (SSSR count). The average Bonchev–Trinajstić information content (AvgIpc) is 2.71. The number of rotatable bonds is 4. The van der Waals surface area contributed by atoms with Crippen LogP contribution in [0.1, 0.15) is 32.4 Å². The van der Waals surface area contributed by atoms with Gasteiger partial charge >= 0.3 is 0 Å². The minimum atomic E-state index is -0.000760. The standard InChI is InChI=1S/C14H23N3O2/c1-10-6-11(2)9-17(8-10)5-4-14(18)15-13-7-12(3)19-16-13/h7,10-11H,4-6,8-9H2,1-3H3,(H,15,16,18). The Morgan fingerprint density at radius 2 is 2.16 bits per heavy atom. The Kier molecular flexibility index (Phi) is 4.58. The van der Waals surface area contributed by atoms with Crippen molar-refractivity contribution in [3.05, 3.63) is 11.8 Å². The van der Waals surface area contributed by atoms with Crippen molar-refractivity contribution in [1.29, 1.82) is 0 Å². The number of nitrogens with zero attached hydrogens (tertiary/aromatic N) is 2. The Morgan fingerprint density at radius 3 is 2.74 bits per heavy atom. The smallest absolute Gasteiger partial charge is 0.226 e. The first kappa shape index (κ1) is 14.1. The molecule has 0 aromatic carbocycles. The zero-order chi connectivity index (χ0) is 13.8. The maximum absolute atomic E-state index is 11.8. The lowest BCUT2D eigenvalue weighted by molar-refractivity contribution is -0.116. The van der Waals surface area contributed by atoms with Gasteiger partial charge in [-0.05, 0) is 25.2 Å². The number of aromatic nitrogens is 1. The predicted molar refractivity (Wildman–Crippen MR) is 73.9 cm³/mol. The van der Waals surface area contributed by atoms with Crippen LogP contribution in [-0.4, -0.2) is 35.6 Å². The molecule has 0 radical (unpaired) electrons. The van der Waals surface area contributed by atoms with Crippen molar-refractivity contribution in [3.63, 3.8) is 0 Å². The van der Waals surface area contributed by atoms with Crippen LogP contribution in [0.15, 0.2) is 10.6 Å². The number of anilines is 1. The molecule has 1 aliphatic heterocycles. The summed E-state index contributed by atoms with van der Waals surface area (Å²) in [5, 5.41) is 6.51. The van der Waals surface area contributed by atoms with Crippen molar-refractivity contribution >= 4 is 11.7 Å². The Morgan fingerprint density at radius 1 is 1.47 bits per heavy atom. The highest BCUT2D eigenvalue weighted by Gasteiger charge is 2.21. The number of aryl methyl sites for hydroxylation is 1. The number of carbonyl (C=O) groups excluding carboxylic acids is 1. The number of hydrogen-bond acceptors (Lipinski definition) is 4. The van der Waals surface area contributed by atoms with Crippen molar-refractivity contribution < 1.29 is 9.32 Å². The van der Waals surface area contributed by atoms with Gasteiger partial charge in [-0.2, -0.15) is 0 Å². The van der Waals surface area contributed by atoms with Crippen LogP contribution in [0.3, 0.4) is 0 Å². The van der Waals surface area contributed by atoms with Crippen LogP contribution in [0.25, 0.3) is 0 Å². The van der Waals surface area contributed by atoms with Gasteiger partial charge in [0.2, 0.25) is 5.91 Å². The molecule has 1 N–H and O–H groups in total. The summed E-state index contributed by atoms with van der Waals surface area (Å²) in [5.41, 5.74) is 0. The number of nitrogens with one attached hydrogen (secondary N) is 1. The van der Waals surface area contributed by atoms with Crippen LogP contribution >= 0.6 is 0 Å². The highest BCUT2D eigenvalue weighted by molar-refractivity contribution is 5.89. The summed E-state index contributed by atoms with van der Waals surface area (Å²) >= 11 is 0. The minimum Gasteiger partial charge on any atom is -0.360 e. The molecule has 1 aromatic rings. The first-order valence-corrected chi connectivity index (χ1v) is 6.98. The molecular weight excluding hydrogens is 242 g/mol. The van der Waals surface area contributed by atoms with Crippen molar-refractivity contribution in [2.45, 2.75) is 33.6 Å². The Hall–Kier alpha value is -1.36. The van der Waals surface area contributed by atoms with E-state index >= 15 is 0 Å². The number of likely N-dealkylation sites (tertiary alicyclic amines) is 1. The Labute approximate surface area is 114 Å². The predicted octanol–water partition coefficient (Wildman–Crippen LogP) is 2.29. The Balaban J connectivity index is 1.74.